The Hall–Kier alpha value is -3.56. The Morgan fingerprint density at radius 1 is 0.826 bits per heavy atom. The minimum atomic E-state index is -4.25. The molecule has 0 heterocycles. The van der Waals surface area contributed by atoms with Crippen molar-refractivity contribution in [2.75, 3.05) is 10.8 Å². The second kappa shape index (κ2) is 15.8. The standard InChI is InChI=1S/C35H36Cl3N3O4S/c1-4-25(3)39-35(43)33(21-26-9-6-5-7-10-26)40(22-30-31(37)11-8-12-32(30)38)34(42)23-41(28-17-13-24(2)14-18-28)46(44,45)29-19-15-27(36)16-20-29/h5-20,25,33H,4,21-23H2,1-3H3,(H,39,43)/t25-,33+/m0/s1. The van der Waals surface area contributed by atoms with Crippen LogP contribution in [0.3, 0.4) is 0 Å². The molecule has 0 spiro atoms. The Labute approximate surface area is 286 Å². The average Bonchev–Trinajstić information content (AvgIpc) is 3.03. The number of amides is 2. The van der Waals surface area contributed by atoms with Gasteiger partial charge in [0.25, 0.3) is 10.0 Å². The Bertz CT molecular complexity index is 1730. The molecule has 7 nitrogen and oxygen atoms in total. The van der Waals surface area contributed by atoms with Crippen molar-refractivity contribution in [2.45, 2.75) is 57.1 Å². The maximum atomic E-state index is 14.6. The first-order chi connectivity index (χ1) is 21.9. The number of nitrogens with zero attached hydrogens (tertiary/aromatic N) is 2. The number of hydrogen-bond acceptors (Lipinski definition) is 4. The van der Waals surface area contributed by atoms with Crippen LogP contribution in [0, 0.1) is 6.92 Å². The highest BCUT2D eigenvalue weighted by Crippen LogP contribution is 2.29. The fourth-order valence-corrected chi connectivity index (χ4v) is 6.88. The van der Waals surface area contributed by atoms with Crippen molar-refractivity contribution >= 4 is 62.3 Å². The summed E-state index contributed by atoms with van der Waals surface area (Å²) in [7, 11) is -4.25. The van der Waals surface area contributed by atoms with Gasteiger partial charge in [-0.25, -0.2) is 8.42 Å². The number of rotatable bonds is 13. The summed E-state index contributed by atoms with van der Waals surface area (Å²) in [6.07, 6.45) is 0.847. The zero-order chi connectivity index (χ0) is 33.4. The van der Waals surface area contributed by atoms with Gasteiger partial charge in [-0.3, -0.25) is 13.9 Å². The van der Waals surface area contributed by atoms with E-state index in [4.69, 9.17) is 34.8 Å². The fourth-order valence-electron chi connectivity index (χ4n) is 4.82. The molecule has 4 aromatic rings. The van der Waals surface area contributed by atoms with Gasteiger partial charge in [-0.15, -0.1) is 0 Å². The van der Waals surface area contributed by atoms with Gasteiger partial charge in [-0.05, 0) is 74.4 Å². The van der Waals surface area contributed by atoms with E-state index in [2.05, 4.69) is 5.32 Å². The Balaban J connectivity index is 1.84. The SMILES string of the molecule is CC[C@H](C)NC(=O)[C@@H](Cc1ccccc1)N(Cc1c(Cl)cccc1Cl)C(=O)CN(c1ccc(C)cc1)S(=O)(=O)c1ccc(Cl)cc1. The molecule has 1 N–H and O–H groups in total. The predicted octanol–water partition coefficient (Wildman–Crippen LogP) is 7.71. The molecule has 0 saturated carbocycles. The minimum absolute atomic E-state index is 0.0404. The van der Waals surface area contributed by atoms with Crippen LogP contribution in [-0.2, 0) is 32.6 Å². The number of sulfonamides is 1. The van der Waals surface area contributed by atoms with Gasteiger partial charge in [-0.2, -0.15) is 0 Å². The van der Waals surface area contributed by atoms with E-state index >= 15 is 0 Å². The van der Waals surface area contributed by atoms with Gasteiger partial charge >= 0.3 is 0 Å². The zero-order valence-corrected chi connectivity index (χ0v) is 28.9. The topological polar surface area (TPSA) is 86.8 Å². The van der Waals surface area contributed by atoms with Crippen molar-refractivity contribution in [2.24, 2.45) is 0 Å². The maximum Gasteiger partial charge on any atom is 0.264 e. The van der Waals surface area contributed by atoms with Crippen LogP contribution >= 0.6 is 34.8 Å². The number of aryl methyl sites for hydroxylation is 1. The van der Waals surface area contributed by atoms with Gasteiger partial charge in [-0.1, -0.05) is 95.8 Å². The normalized spacial score (nSPS) is 12.7. The van der Waals surface area contributed by atoms with Crippen LogP contribution in [-0.4, -0.2) is 43.8 Å². The van der Waals surface area contributed by atoms with Crippen molar-refractivity contribution in [3.05, 3.63) is 129 Å². The Morgan fingerprint density at radius 2 is 1.43 bits per heavy atom. The molecule has 4 rings (SSSR count). The lowest BCUT2D eigenvalue weighted by Crippen LogP contribution is -2.54. The van der Waals surface area contributed by atoms with Gasteiger partial charge in [0.2, 0.25) is 11.8 Å². The second-order valence-electron chi connectivity index (χ2n) is 11.0. The van der Waals surface area contributed by atoms with Gasteiger partial charge in [0.05, 0.1) is 10.6 Å². The van der Waals surface area contributed by atoms with Crippen molar-refractivity contribution in [1.29, 1.82) is 0 Å². The Kier molecular flexibility index (Phi) is 12.1. The molecule has 0 bridgehead atoms. The molecular weight excluding hydrogens is 665 g/mol. The van der Waals surface area contributed by atoms with Crippen LogP contribution in [0.2, 0.25) is 15.1 Å². The van der Waals surface area contributed by atoms with E-state index in [0.29, 0.717) is 27.1 Å². The summed E-state index contributed by atoms with van der Waals surface area (Å²) in [5.74, 6) is -0.994. The highest BCUT2D eigenvalue weighted by atomic mass is 35.5. The summed E-state index contributed by atoms with van der Waals surface area (Å²) in [6.45, 7) is 4.98. The van der Waals surface area contributed by atoms with E-state index in [1.807, 2.05) is 51.1 Å². The number of anilines is 1. The van der Waals surface area contributed by atoms with Crippen molar-refractivity contribution < 1.29 is 18.0 Å². The lowest BCUT2D eigenvalue weighted by molar-refractivity contribution is -0.140. The molecule has 4 aromatic carbocycles. The summed E-state index contributed by atoms with van der Waals surface area (Å²) in [5.41, 5.74) is 2.46. The van der Waals surface area contributed by atoms with E-state index in [-0.39, 0.29) is 35.5 Å². The molecular formula is C35H36Cl3N3O4S. The Morgan fingerprint density at radius 3 is 2.02 bits per heavy atom. The maximum absolute atomic E-state index is 14.6. The second-order valence-corrected chi connectivity index (χ2v) is 14.2. The molecule has 46 heavy (non-hydrogen) atoms. The van der Waals surface area contributed by atoms with Crippen LogP contribution in [0.1, 0.15) is 37.0 Å². The molecule has 11 heteroatoms. The largest absolute Gasteiger partial charge is 0.352 e. The molecule has 242 valence electrons. The van der Waals surface area contributed by atoms with Crippen LogP contribution in [0.4, 0.5) is 5.69 Å². The number of carbonyl (C=O) groups is 2. The van der Waals surface area contributed by atoms with E-state index in [9.17, 15) is 18.0 Å². The van der Waals surface area contributed by atoms with Crippen LogP contribution in [0.25, 0.3) is 0 Å². The van der Waals surface area contributed by atoms with E-state index in [1.54, 1.807) is 42.5 Å². The van der Waals surface area contributed by atoms with Crippen LogP contribution in [0.15, 0.2) is 102 Å². The zero-order valence-electron chi connectivity index (χ0n) is 25.8. The summed E-state index contributed by atoms with van der Waals surface area (Å²) >= 11 is 19.2. The quantitative estimate of drug-likeness (QED) is 0.155. The van der Waals surface area contributed by atoms with Crippen LogP contribution < -0.4 is 9.62 Å². The number of carbonyl (C=O) groups excluding carboxylic acids is 2. The van der Waals surface area contributed by atoms with Gasteiger partial charge in [0.15, 0.2) is 0 Å². The van der Waals surface area contributed by atoms with Gasteiger partial charge in [0.1, 0.15) is 12.6 Å². The molecule has 0 unspecified atom stereocenters. The lowest BCUT2D eigenvalue weighted by Gasteiger charge is -2.34. The summed E-state index contributed by atoms with van der Waals surface area (Å²) in [4.78, 5) is 29.9. The van der Waals surface area contributed by atoms with Crippen LogP contribution in [0.5, 0.6) is 0 Å². The first kappa shape index (κ1) is 35.3. The van der Waals surface area contributed by atoms with Gasteiger partial charge in [0, 0.05) is 39.6 Å². The van der Waals surface area contributed by atoms with E-state index in [1.165, 1.54) is 29.2 Å². The van der Waals surface area contributed by atoms with Crippen molar-refractivity contribution in [3.63, 3.8) is 0 Å². The van der Waals surface area contributed by atoms with E-state index < -0.39 is 28.5 Å². The molecule has 2 atom stereocenters. The molecule has 0 aromatic heterocycles. The summed E-state index contributed by atoms with van der Waals surface area (Å²) in [6, 6.07) is 25.7. The number of halogens is 3. The molecule has 0 aliphatic rings. The number of nitrogens with one attached hydrogen (secondary N) is 1. The van der Waals surface area contributed by atoms with E-state index in [0.717, 1.165) is 15.4 Å². The third-order valence-electron chi connectivity index (χ3n) is 7.66. The molecule has 0 fully saturated rings. The molecule has 2 amide bonds. The summed E-state index contributed by atoms with van der Waals surface area (Å²) < 4.78 is 29.3. The minimum Gasteiger partial charge on any atom is -0.352 e. The molecule has 0 aliphatic carbocycles. The third-order valence-corrected chi connectivity index (χ3v) is 10.4. The highest BCUT2D eigenvalue weighted by molar-refractivity contribution is 7.92. The van der Waals surface area contributed by atoms with Crippen molar-refractivity contribution in [3.8, 4) is 0 Å². The number of benzene rings is 4. The monoisotopic (exact) mass is 699 g/mol. The first-order valence-electron chi connectivity index (χ1n) is 14.8. The third kappa shape index (κ3) is 8.82. The average molecular weight is 701 g/mol. The van der Waals surface area contributed by atoms with Gasteiger partial charge < -0.3 is 10.2 Å². The number of hydrogen-bond donors (Lipinski definition) is 1. The first-order valence-corrected chi connectivity index (χ1v) is 17.4. The molecule has 0 radical (unpaired) electrons. The fraction of sp³-hybridized carbons (Fsp3) is 0.257. The lowest BCUT2D eigenvalue weighted by atomic mass is 10.0. The highest BCUT2D eigenvalue weighted by Gasteiger charge is 2.35. The van der Waals surface area contributed by atoms with Crippen molar-refractivity contribution in [1.82, 2.24) is 10.2 Å². The molecule has 0 aliphatic heterocycles. The summed E-state index contributed by atoms with van der Waals surface area (Å²) in [5, 5.41) is 4.01. The smallest absolute Gasteiger partial charge is 0.264 e. The predicted molar refractivity (Wildman–Crippen MR) is 186 cm³/mol. The molecule has 0 saturated heterocycles.